The Balaban J connectivity index is 1.72. The minimum absolute atomic E-state index is 0.253. The lowest BCUT2D eigenvalue weighted by Crippen LogP contribution is -2.44. The zero-order valence-electron chi connectivity index (χ0n) is 12.3. The minimum Gasteiger partial charge on any atom is -0.444 e. The quantitative estimate of drug-likeness (QED) is 0.868. The molecule has 1 saturated heterocycles. The molecule has 1 fully saturated rings. The summed E-state index contributed by atoms with van der Waals surface area (Å²) in [6.07, 6.45) is 2.22. The molecular formula is C16H19ClN2O2. The van der Waals surface area contributed by atoms with Crippen molar-refractivity contribution in [1.29, 1.82) is 0 Å². The van der Waals surface area contributed by atoms with Crippen LogP contribution in [0.2, 0.25) is 5.02 Å². The summed E-state index contributed by atoms with van der Waals surface area (Å²) < 4.78 is 11.3. The fraction of sp³-hybridized carbons (Fsp3) is 0.438. The summed E-state index contributed by atoms with van der Waals surface area (Å²) in [6.45, 7) is 6.80. The summed E-state index contributed by atoms with van der Waals surface area (Å²) in [5.41, 5.74) is 1.75. The minimum atomic E-state index is 0.253. The lowest BCUT2D eigenvalue weighted by molar-refractivity contribution is -0.0707. The number of morpholine rings is 1. The van der Waals surface area contributed by atoms with Gasteiger partial charge in [0.05, 0.1) is 28.5 Å². The number of hydrogen-bond donors (Lipinski definition) is 0. The van der Waals surface area contributed by atoms with E-state index in [2.05, 4.69) is 23.7 Å². The van der Waals surface area contributed by atoms with Crippen LogP contribution in [0.5, 0.6) is 0 Å². The SMILES string of the molecule is CC1CN(Cc2coc(-c3ccccc3Cl)n2)CC(C)O1. The molecule has 4 nitrogen and oxygen atoms in total. The van der Waals surface area contributed by atoms with Gasteiger partial charge >= 0.3 is 0 Å². The Morgan fingerprint density at radius 1 is 1.24 bits per heavy atom. The van der Waals surface area contributed by atoms with Gasteiger partial charge in [-0.25, -0.2) is 4.98 Å². The predicted molar refractivity (Wildman–Crippen MR) is 82.2 cm³/mol. The average molecular weight is 307 g/mol. The maximum Gasteiger partial charge on any atom is 0.227 e. The number of oxazole rings is 1. The van der Waals surface area contributed by atoms with Crippen LogP contribution >= 0.6 is 11.6 Å². The van der Waals surface area contributed by atoms with E-state index >= 15 is 0 Å². The van der Waals surface area contributed by atoms with E-state index in [1.807, 2.05) is 24.3 Å². The third kappa shape index (κ3) is 3.46. The largest absolute Gasteiger partial charge is 0.444 e. The first-order chi connectivity index (χ1) is 10.1. The van der Waals surface area contributed by atoms with Crippen molar-refractivity contribution in [1.82, 2.24) is 9.88 Å². The number of nitrogens with zero attached hydrogens (tertiary/aromatic N) is 2. The van der Waals surface area contributed by atoms with E-state index in [-0.39, 0.29) is 12.2 Å². The maximum absolute atomic E-state index is 6.17. The number of benzene rings is 1. The topological polar surface area (TPSA) is 38.5 Å². The summed E-state index contributed by atoms with van der Waals surface area (Å²) >= 11 is 6.17. The highest BCUT2D eigenvalue weighted by Crippen LogP contribution is 2.27. The summed E-state index contributed by atoms with van der Waals surface area (Å²) in [5, 5.41) is 0.652. The second-order valence-corrected chi connectivity index (χ2v) is 5.98. The number of hydrogen-bond acceptors (Lipinski definition) is 4. The van der Waals surface area contributed by atoms with Gasteiger partial charge in [0.15, 0.2) is 0 Å². The lowest BCUT2D eigenvalue weighted by atomic mass is 10.2. The van der Waals surface area contributed by atoms with E-state index in [9.17, 15) is 0 Å². The Kier molecular flexibility index (Phi) is 4.29. The fourth-order valence-corrected chi connectivity index (χ4v) is 3.00. The molecule has 2 unspecified atom stereocenters. The highest BCUT2D eigenvalue weighted by atomic mass is 35.5. The van der Waals surface area contributed by atoms with Gasteiger partial charge in [0.1, 0.15) is 6.26 Å². The molecule has 0 saturated carbocycles. The van der Waals surface area contributed by atoms with E-state index in [4.69, 9.17) is 20.8 Å². The number of aromatic nitrogens is 1. The van der Waals surface area contributed by atoms with Crippen LogP contribution < -0.4 is 0 Å². The van der Waals surface area contributed by atoms with Crippen molar-refractivity contribution in [3.63, 3.8) is 0 Å². The smallest absolute Gasteiger partial charge is 0.227 e. The first kappa shape index (κ1) is 14.6. The van der Waals surface area contributed by atoms with Crippen LogP contribution in [0.4, 0.5) is 0 Å². The standard InChI is InChI=1S/C16H19ClN2O2/c1-11-7-19(8-12(2)21-11)9-13-10-20-16(18-13)14-5-3-4-6-15(14)17/h3-6,10-12H,7-9H2,1-2H3. The van der Waals surface area contributed by atoms with Crippen LogP contribution in [0.25, 0.3) is 11.5 Å². The summed E-state index contributed by atoms with van der Waals surface area (Å²) in [4.78, 5) is 6.89. The molecule has 1 aliphatic rings. The van der Waals surface area contributed by atoms with Crippen LogP contribution in [-0.2, 0) is 11.3 Å². The molecule has 3 rings (SSSR count). The normalized spacial score (nSPS) is 23.4. The number of halogens is 1. The van der Waals surface area contributed by atoms with Crippen LogP contribution in [-0.4, -0.2) is 35.2 Å². The van der Waals surface area contributed by atoms with Gasteiger partial charge in [-0.3, -0.25) is 4.90 Å². The highest BCUT2D eigenvalue weighted by Gasteiger charge is 2.23. The van der Waals surface area contributed by atoms with E-state index in [0.717, 1.165) is 30.9 Å². The van der Waals surface area contributed by atoms with Gasteiger partial charge in [-0.1, -0.05) is 23.7 Å². The molecule has 1 aromatic heterocycles. The van der Waals surface area contributed by atoms with Crippen molar-refractivity contribution >= 4 is 11.6 Å². The third-order valence-corrected chi connectivity index (χ3v) is 3.87. The molecule has 112 valence electrons. The van der Waals surface area contributed by atoms with Gasteiger partial charge in [0.2, 0.25) is 5.89 Å². The molecule has 0 amide bonds. The van der Waals surface area contributed by atoms with E-state index in [1.54, 1.807) is 6.26 Å². The fourth-order valence-electron chi connectivity index (χ4n) is 2.78. The van der Waals surface area contributed by atoms with Crippen molar-refractivity contribution in [2.24, 2.45) is 0 Å². The second kappa shape index (κ2) is 6.18. The highest BCUT2D eigenvalue weighted by molar-refractivity contribution is 6.33. The number of ether oxygens (including phenoxy) is 1. The Bertz CT molecular complexity index is 604. The average Bonchev–Trinajstić information content (AvgIpc) is 2.86. The molecular weight excluding hydrogens is 288 g/mol. The predicted octanol–water partition coefficient (Wildman–Crippen LogP) is 3.60. The molecule has 5 heteroatoms. The number of rotatable bonds is 3. The Morgan fingerprint density at radius 3 is 2.67 bits per heavy atom. The summed E-state index contributed by atoms with van der Waals surface area (Å²) in [5.74, 6) is 0.574. The molecule has 0 bridgehead atoms. The Hall–Kier alpha value is -1.36. The zero-order chi connectivity index (χ0) is 14.8. The molecule has 2 aromatic rings. The van der Waals surface area contributed by atoms with Crippen LogP contribution in [0.3, 0.4) is 0 Å². The van der Waals surface area contributed by atoms with Crippen molar-refractivity contribution in [3.05, 3.63) is 41.2 Å². The van der Waals surface area contributed by atoms with Crippen molar-refractivity contribution in [2.75, 3.05) is 13.1 Å². The van der Waals surface area contributed by atoms with Gasteiger partial charge in [-0.05, 0) is 26.0 Å². The monoisotopic (exact) mass is 306 g/mol. The lowest BCUT2D eigenvalue weighted by Gasteiger charge is -2.34. The Labute approximate surface area is 129 Å². The molecule has 0 radical (unpaired) electrons. The van der Waals surface area contributed by atoms with Gasteiger partial charge in [0, 0.05) is 19.6 Å². The molecule has 0 aliphatic carbocycles. The van der Waals surface area contributed by atoms with Gasteiger partial charge in [0.25, 0.3) is 0 Å². The molecule has 0 N–H and O–H groups in total. The molecule has 1 aromatic carbocycles. The molecule has 1 aliphatic heterocycles. The first-order valence-corrected chi connectivity index (χ1v) is 7.56. The third-order valence-electron chi connectivity index (χ3n) is 3.54. The van der Waals surface area contributed by atoms with Crippen molar-refractivity contribution in [3.8, 4) is 11.5 Å². The van der Waals surface area contributed by atoms with Crippen molar-refractivity contribution in [2.45, 2.75) is 32.6 Å². The van der Waals surface area contributed by atoms with Crippen LogP contribution in [0.1, 0.15) is 19.5 Å². The van der Waals surface area contributed by atoms with E-state index in [0.29, 0.717) is 10.9 Å². The van der Waals surface area contributed by atoms with Gasteiger partial charge < -0.3 is 9.15 Å². The summed E-state index contributed by atoms with van der Waals surface area (Å²) in [6, 6.07) is 7.57. The summed E-state index contributed by atoms with van der Waals surface area (Å²) in [7, 11) is 0. The van der Waals surface area contributed by atoms with Crippen LogP contribution in [0, 0.1) is 0 Å². The van der Waals surface area contributed by atoms with Gasteiger partial charge in [-0.15, -0.1) is 0 Å². The van der Waals surface area contributed by atoms with Gasteiger partial charge in [-0.2, -0.15) is 0 Å². The van der Waals surface area contributed by atoms with E-state index in [1.165, 1.54) is 0 Å². The molecule has 2 atom stereocenters. The Morgan fingerprint density at radius 2 is 1.95 bits per heavy atom. The van der Waals surface area contributed by atoms with E-state index < -0.39 is 0 Å². The second-order valence-electron chi connectivity index (χ2n) is 5.58. The molecule has 0 spiro atoms. The molecule has 2 heterocycles. The maximum atomic E-state index is 6.17. The van der Waals surface area contributed by atoms with Crippen LogP contribution in [0.15, 0.2) is 34.9 Å². The first-order valence-electron chi connectivity index (χ1n) is 7.19. The zero-order valence-corrected chi connectivity index (χ0v) is 13.0. The van der Waals surface area contributed by atoms with Crippen molar-refractivity contribution < 1.29 is 9.15 Å². The molecule has 21 heavy (non-hydrogen) atoms.